The summed E-state index contributed by atoms with van der Waals surface area (Å²) in [5, 5.41) is 13.4. The fraction of sp³-hybridized carbons (Fsp3) is 0.385. The Morgan fingerprint density at radius 2 is 2.04 bits per heavy atom. The lowest BCUT2D eigenvalue weighted by atomic mass is 10.1. The van der Waals surface area contributed by atoms with Gasteiger partial charge in [0.1, 0.15) is 15.4 Å². The summed E-state index contributed by atoms with van der Waals surface area (Å²) in [6.07, 6.45) is 0.226. The van der Waals surface area contributed by atoms with Gasteiger partial charge in [0.15, 0.2) is 6.61 Å². The fourth-order valence-corrected chi connectivity index (χ4v) is 2.73. The Morgan fingerprint density at radius 1 is 1.43 bits per heavy atom. The predicted molar refractivity (Wildman–Crippen MR) is 84.9 cm³/mol. The van der Waals surface area contributed by atoms with Gasteiger partial charge < -0.3 is 10.1 Å². The molecule has 1 fully saturated rings. The Hall–Kier alpha value is -1.57. The van der Waals surface area contributed by atoms with Crippen molar-refractivity contribution in [2.75, 3.05) is 11.9 Å². The molecule has 0 aromatic heterocycles. The summed E-state index contributed by atoms with van der Waals surface area (Å²) in [5.74, 6) is -1.46. The van der Waals surface area contributed by atoms with Gasteiger partial charge in [0.25, 0.3) is 11.6 Å². The molecule has 7 nitrogen and oxygen atoms in total. The van der Waals surface area contributed by atoms with Crippen molar-refractivity contribution in [3.05, 3.63) is 33.3 Å². The van der Waals surface area contributed by atoms with Gasteiger partial charge >= 0.3 is 5.97 Å². The Balaban J connectivity index is 1.97. The molecule has 10 heteroatoms. The smallest absolute Gasteiger partial charge is 0.315 e. The summed E-state index contributed by atoms with van der Waals surface area (Å²) >= 11 is 17.4. The van der Waals surface area contributed by atoms with Gasteiger partial charge in [-0.1, -0.05) is 11.6 Å². The van der Waals surface area contributed by atoms with Crippen LogP contribution in [-0.4, -0.2) is 27.7 Å². The maximum Gasteiger partial charge on any atom is 0.315 e. The number of esters is 1. The first-order chi connectivity index (χ1) is 10.6. The van der Waals surface area contributed by atoms with Gasteiger partial charge in [-0.2, -0.15) is 0 Å². The van der Waals surface area contributed by atoms with Crippen molar-refractivity contribution in [1.82, 2.24) is 0 Å². The van der Waals surface area contributed by atoms with Crippen molar-refractivity contribution >= 4 is 58.1 Å². The van der Waals surface area contributed by atoms with Crippen LogP contribution in [0.2, 0.25) is 5.02 Å². The number of amides is 1. The van der Waals surface area contributed by atoms with E-state index in [4.69, 9.17) is 39.5 Å². The number of carbonyl (C=O) groups is 2. The highest BCUT2D eigenvalue weighted by molar-refractivity contribution is 6.53. The van der Waals surface area contributed by atoms with E-state index in [9.17, 15) is 19.7 Å². The quantitative estimate of drug-likeness (QED) is 0.365. The maximum atomic E-state index is 11.8. The number of hydrogen-bond donors (Lipinski definition) is 1. The van der Waals surface area contributed by atoms with E-state index in [2.05, 4.69) is 5.32 Å². The van der Waals surface area contributed by atoms with Crippen LogP contribution >= 0.6 is 34.8 Å². The zero-order chi connectivity index (χ0) is 17.4. The van der Waals surface area contributed by atoms with Gasteiger partial charge in [-0.3, -0.25) is 19.7 Å². The third-order valence-corrected chi connectivity index (χ3v) is 4.81. The Labute approximate surface area is 146 Å². The summed E-state index contributed by atoms with van der Waals surface area (Å²) in [6.45, 7) is 0.900. The third-order valence-electron chi connectivity index (χ3n) is 3.47. The lowest BCUT2D eigenvalue weighted by Crippen LogP contribution is -2.27. The van der Waals surface area contributed by atoms with Gasteiger partial charge in [-0.15, -0.1) is 23.2 Å². The largest absolute Gasteiger partial charge is 0.455 e. The van der Waals surface area contributed by atoms with Crippen molar-refractivity contribution < 1.29 is 19.2 Å². The van der Waals surface area contributed by atoms with Crippen LogP contribution in [0.5, 0.6) is 0 Å². The number of nitrogens with one attached hydrogen (secondary N) is 1. The summed E-state index contributed by atoms with van der Waals surface area (Å²) < 4.78 is 3.64. The zero-order valence-electron chi connectivity index (χ0n) is 11.8. The number of anilines is 1. The summed E-state index contributed by atoms with van der Waals surface area (Å²) in [5.41, 5.74) is -1.48. The number of benzene rings is 1. The molecule has 0 radical (unpaired) electrons. The van der Waals surface area contributed by atoms with Crippen LogP contribution < -0.4 is 5.32 Å². The molecule has 23 heavy (non-hydrogen) atoms. The molecule has 1 aliphatic carbocycles. The van der Waals surface area contributed by atoms with E-state index < -0.39 is 33.2 Å². The Morgan fingerprint density at radius 3 is 2.57 bits per heavy atom. The lowest BCUT2D eigenvalue weighted by molar-refractivity contribution is -0.383. The number of nitrogens with zero attached hydrogens (tertiary/aromatic N) is 1. The molecule has 0 spiro atoms. The SMILES string of the molecule is C[C@@]1(C(=O)OCC(=O)Nc2cc(Cl)ccc2[N+](=O)[O-])CC1(Cl)Cl. The molecule has 0 bridgehead atoms. The molecule has 124 valence electrons. The molecule has 0 heterocycles. The van der Waals surface area contributed by atoms with Crippen molar-refractivity contribution in [2.24, 2.45) is 5.41 Å². The van der Waals surface area contributed by atoms with E-state index >= 15 is 0 Å². The van der Waals surface area contributed by atoms with Gasteiger partial charge in [-0.25, -0.2) is 0 Å². The van der Waals surface area contributed by atoms with Crippen molar-refractivity contribution in [2.45, 2.75) is 17.7 Å². The van der Waals surface area contributed by atoms with E-state index in [0.717, 1.165) is 6.07 Å². The minimum Gasteiger partial charge on any atom is -0.455 e. The Bertz CT molecular complexity index is 694. The fourth-order valence-electron chi connectivity index (χ4n) is 1.87. The van der Waals surface area contributed by atoms with Crippen molar-refractivity contribution in [3.63, 3.8) is 0 Å². The molecule has 1 aliphatic rings. The van der Waals surface area contributed by atoms with Gasteiger partial charge in [-0.05, 0) is 19.1 Å². The van der Waals surface area contributed by atoms with Gasteiger partial charge in [0.05, 0.1) is 4.92 Å². The highest BCUT2D eigenvalue weighted by Crippen LogP contribution is 2.64. The molecule has 0 saturated heterocycles. The Kier molecular flexibility index (Phi) is 4.75. The summed E-state index contributed by atoms with van der Waals surface area (Å²) in [7, 11) is 0. The molecule has 1 N–H and O–H groups in total. The van der Waals surface area contributed by atoms with Crippen molar-refractivity contribution in [3.8, 4) is 0 Å². The first kappa shape index (κ1) is 17.8. The maximum absolute atomic E-state index is 11.8. The molecular formula is C13H11Cl3N2O5. The van der Waals surface area contributed by atoms with Gasteiger partial charge in [0.2, 0.25) is 0 Å². The van der Waals surface area contributed by atoms with Crippen LogP contribution in [0.25, 0.3) is 0 Å². The topological polar surface area (TPSA) is 98.5 Å². The molecule has 1 atom stereocenters. The second kappa shape index (κ2) is 6.14. The van der Waals surface area contributed by atoms with Crippen LogP contribution in [0.4, 0.5) is 11.4 Å². The first-order valence-electron chi connectivity index (χ1n) is 6.36. The molecule has 0 unspecified atom stereocenters. The molecular weight excluding hydrogens is 371 g/mol. The van der Waals surface area contributed by atoms with Crippen LogP contribution in [-0.2, 0) is 14.3 Å². The van der Waals surface area contributed by atoms with E-state index in [1.54, 1.807) is 0 Å². The van der Waals surface area contributed by atoms with E-state index in [1.807, 2.05) is 0 Å². The third kappa shape index (κ3) is 3.68. The van der Waals surface area contributed by atoms with E-state index in [-0.39, 0.29) is 22.8 Å². The second-order valence-corrected chi connectivity index (χ2v) is 7.18. The van der Waals surface area contributed by atoms with E-state index in [1.165, 1.54) is 19.1 Å². The van der Waals surface area contributed by atoms with Gasteiger partial charge in [0, 0.05) is 17.5 Å². The molecule has 1 saturated carbocycles. The highest BCUT2D eigenvalue weighted by atomic mass is 35.5. The minimum absolute atomic E-state index is 0.0924. The lowest BCUT2D eigenvalue weighted by Gasteiger charge is -2.12. The van der Waals surface area contributed by atoms with Crippen LogP contribution in [0, 0.1) is 15.5 Å². The van der Waals surface area contributed by atoms with Crippen LogP contribution in [0.3, 0.4) is 0 Å². The number of nitro benzene ring substituents is 1. The van der Waals surface area contributed by atoms with Crippen LogP contribution in [0.15, 0.2) is 18.2 Å². The number of hydrogen-bond acceptors (Lipinski definition) is 5. The second-order valence-electron chi connectivity index (χ2n) is 5.26. The molecule has 1 aromatic carbocycles. The number of carbonyl (C=O) groups excluding carboxylic acids is 2. The molecule has 2 rings (SSSR count). The molecule has 0 aliphatic heterocycles. The average molecular weight is 382 g/mol. The first-order valence-corrected chi connectivity index (χ1v) is 7.49. The van der Waals surface area contributed by atoms with Crippen molar-refractivity contribution in [1.29, 1.82) is 0 Å². The molecule has 1 amide bonds. The number of rotatable bonds is 5. The number of ether oxygens (including phenoxy) is 1. The molecule has 1 aromatic rings. The monoisotopic (exact) mass is 380 g/mol. The van der Waals surface area contributed by atoms with E-state index in [0.29, 0.717) is 0 Å². The zero-order valence-corrected chi connectivity index (χ0v) is 14.0. The minimum atomic E-state index is -1.20. The highest BCUT2D eigenvalue weighted by Gasteiger charge is 2.69. The summed E-state index contributed by atoms with van der Waals surface area (Å²) in [6, 6.07) is 3.71. The van der Waals surface area contributed by atoms with Crippen LogP contribution in [0.1, 0.15) is 13.3 Å². The standard InChI is InChI=1S/C13H11Cl3N2O5/c1-12(6-13(12,15)16)11(20)23-5-10(19)17-8-4-7(14)2-3-9(8)18(21)22/h2-4H,5-6H2,1H3,(H,17,19)/t12-/m0/s1. The summed E-state index contributed by atoms with van der Waals surface area (Å²) in [4.78, 5) is 33.8. The average Bonchev–Trinajstić information content (AvgIpc) is 2.96. The normalized spacial score (nSPS) is 21.4. The number of alkyl halides is 2. The number of nitro groups is 1. The predicted octanol–water partition coefficient (Wildman–Crippen LogP) is 3.31. The number of halogens is 3.